The molecule has 0 saturated carbocycles. The second-order valence-electron chi connectivity index (χ2n) is 2.04. The summed E-state index contributed by atoms with van der Waals surface area (Å²) in [5.74, 6) is 0. The highest BCUT2D eigenvalue weighted by Crippen LogP contribution is 2.01. The highest BCUT2D eigenvalue weighted by molar-refractivity contribution is 5.56. The molecule has 0 aliphatic heterocycles. The summed E-state index contributed by atoms with van der Waals surface area (Å²) in [6.07, 6.45) is 1.39. The predicted molar refractivity (Wildman–Crippen MR) is 36.1 cm³/mol. The van der Waals surface area contributed by atoms with Crippen LogP contribution in [0.5, 0.6) is 0 Å². The molecule has 3 heteroatoms. The standard InChI is InChI=1S/C7H11O3/c1-3-4-5-6(2)10-7(8)9/h3,6H,1,4-5H2,2H3. The molecule has 0 N–H and O–H groups in total. The van der Waals surface area contributed by atoms with E-state index in [9.17, 15) is 9.90 Å². The molecular formula is C7H11O3. The molecule has 0 bridgehead atoms. The Morgan fingerprint density at radius 1 is 1.80 bits per heavy atom. The second kappa shape index (κ2) is 4.85. The van der Waals surface area contributed by atoms with Gasteiger partial charge in [0.15, 0.2) is 0 Å². The monoisotopic (exact) mass is 143 g/mol. The fourth-order valence-corrected chi connectivity index (χ4v) is 0.576. The van der Waals surface area contributed by atoms with Gasteiger partial charge < -0.3 is 4.74 Å². The minimum Gasteiger partial charge on any atom is -0.429 e. The number of hydrogen-bond donors (Lipinski definition) is 0. The van der Waals surface area contributed by atoms with Crippen molar-refractivity contribution >= 4 is 6.16 Å². The fraction of sp³-hybridized carbons (Fsp3) is 0.571. The smallest absolute Gasteiger partial charge is 0.429 e. The highest BCUT2D eigenvalue weighted by atomic mass is 16.7. The van der Waals surface area contributed by atoms with E-state index in [1.54, 1.807) is 13.0 Å². The molecule has 10 heavy (non-hydrogen) atoms. The zero-order valence-electron chi connectivity index (χ0n) is 6.00. The molecule has 0 aromatic heterocycles. The Morgan fingerprint density at radius 2 is 2.40 bits per heavy atom. The molecule has 0 aromatic rings. The molecule has 1 atom stereocenters. The number of carbonyl (C=O) groups is 1. The summed E-state index contributed by atoms with van der Waals surface area (Å²) in [5.41, 5.74) is 0. The van der Waals surface area contributed by atoms with Crippen LogP contribution >= 0.6 is 0 Å². The quantitative estimate of drug-likeness (QED) is 0.445. The van der Waals surface area contributed by atoms with Crippen molar-refractivity contribution in [2.45, 2.75) is 25.9 Å². The topological polar surface area (TPSA) is 46.2 Å². The molecule has 3 nitrogen and oxygen atoms in total. The SMILES string of the molecule is C=CCCC(C)OC([O])=O. The average molecular weight is 143 g/mol. The fourth-order valence-electron chi connectivity index (χ4n) is 0.576. The van der Waals surface area contributed by atoms with Crippen LogP contribution in [0.15, 0.2) is 12.7 Å². The number of carbonyl (C=O) groups excluding carboxylic acids is 1. The Balaban J connectivity index is 3.33. The Labute approximate surface area is 60.3 Å². The largest absolute Gasteiger partial charge is 0.550 e. The molecule has 0 aromatic carbocycles. The van der Waals surface area contributed by atoms with Crippen LogP contribution in [0.4, 0.5) is 4.79 Å². The van der Waals surface area contributed by atoms with E-state index in [-0.39, 0.29) is 6.10 Å². The maximum absolute atomic E-state index is 9.81. The number of hydrogen-bond acceptors (Lipinski definition) is 2. The third-order valence-electron chi connectivity index (χ3n) is 1.07. The molecule has 0 rings (SSSR count). The van der Waals surface area contributed by atoms with Gasteiger partial charge in [0.1, 0.15) is 6.10 Å². The molecule has 0 saturated heterocycles. The van der Waals surface area contributed by atoms with Gasteiger partial charge in [-0.2, -0.15) is 9.90 Å². The van der Waals surface area contributed by atoms with E-state index in [4.69, 9.17) is 0 Å². The van der Waals surface area contributed by atoms with Crippen molar-refractivity contribution in [3.8, 4) is 0 Å². The summed E-state index contributed by atoms with van der Waals surface area (Å²) in [7, 11) is 0. The maximum atomic E-state index is 9.81. The van der Waals surface area contributed by atoms with Crippen LogP contribution in [0.25, 0.3) is 0 Å². The first-order chi connectivity index (χ1) is 4.66. The van der Waals surface area contributed by atoms with Gasteiger partial charge in [0.2, 0.25) is 0 Å². The normalized spacial score (nSPS) is 12.1. The van der Waals surface area contributed by atoms with Crippen LogP contribution in [-0.4, -0.2) is 12.3 Å². The van der Waals surface area contributed by atoms with Gasteiger partial charge in [-0.1, -0.05) is 6.08 Å². The Kier molecular flexibility index (Phi) is 4.37. The summed E-state index contributed by atoms with van der Waals surface area (Å²) < 4.78 is 4.31. The molecule has 0 amide bonds. The van der Waals surface area contributed by atoms with Gasteiger partial charge in [-0.05, 0) is 19.8 Å². The van der Waals surface area contributed by atoms with Gasteiger partial charge in [0.05, 0.1) is 0 Å². The summed E-state index contributed by atoms with van der Waals surface area (Å²) in [4.78, 5) is 9.81. The first-order valence-electron chi connectivity index (χ1n) is 3.15. The molecule has 1 unspecified atom stereocenters. The Bertz CT molecular complexity index is 120. The summed E-state index contributed by atoms with van der Waals surface area (Å²) in [6, 6.07) is 0. The zero-order chi connectivity index (χ0) is 7.98. The molecular weight excluding hydrogens is 132 g/mol. The van der Waals surface area contributed by atoms with Gasteiger partial charge >= 0.3 is 6.16 Å². The lowest BCUT2D eigenvalue weighted by atomic mass is 10.2. The number of rotatable bonds is 4. The van der Waals surface area contributed by atoms with Crippen LogP contribution in [0.3, 0.4) is 0 Å². The molecule has 57 valence electrons. The van der Waals surface area contributed by atoms with Crippen LogP contribution in [0.1, 0.15) is 19.8 Å². The first kappa shape index (κ1) is 9.01. The van der Waals surface area contributed by atoms with E-state index in [1.807, 2.05) is 0 Å². The van der Waals surface area contributed by atoms with Gasteiger partial charge in [-0.15, -0.1) is 6.58 Å². The second-order valence-corrected chi connectivity index (χ2v) is 2.04. The van der Waals surface area contributed by atoms with E-state index >= 15 is 0 Å². The molecule has 0 fully saturated rings. The van der Waals surface area contributed by atoms with Crippen molar-refractivity contribution < 1.29 is 14.6 Å². The van der Waals surface area contributed by atoms with Crippen molar-refractivity contribution in [1.82, 2.24) is 0 Å². The van der Waals surface area contributed by atoms with Crippen molar-refractivity contribution in [1.29, 1.82) is 0 Å². The summed E-state index contributed by atoms with van der Waals surface area (Å²) in [5, 5.41) is 9.81. The van der Waals surface area contributed by atoms with Crippen molar-refractivity contribution in [2.24, 2.45) is 0 Å². The minimum atomic E-state index is -1.46. The first-order valence-corrected chi connectivity index (χ1v) is 3.15. The predicted octanol–water partition coefficient (Wildman–Crippen LogP) is 1.91. The van der Waals surface area contributed by atoms with Crippen LogP contribution in [0.2, 0.25) is 0 Å². The number of allylic oxidation sites excluding steroid dienone is 1. The summed E-state index contributed by atoms with van der Waals surface area (Å²) in [6.45, 7) is 5.17. The van der Waals surface area contributed by atoms with Crippen LogP contribution < -0.4 is 0 Å². The highest BCUT2D eigenvalue weighted by Gasteiger charge is 2.06. The van der Waals surface area contributed by atoms with E-state index in [2.05, 4.69) is 11.3 Å². The molecule has 0 spiro atoms. The lowest BCUT2D eigenvalue weighted by Crippen LogP contribution is -2.11. The van der Waals surface area contributed by atoms with Crippen molar-refractivity contribution in [3.63, 3.8) is 0 Å². The molecule has 1 radical (unpaired) electrons. The van der Waals surface area contributed by atoms with E-state index < -0.39 is 6.16 Å². The van der Waals surface area contributed by atoms with Gasteiger partial charge in [-0.25, -0.2) is 0 Å². The zero-order valence-corrected chi connectivity index (χ0v) is 6.00. The molecule has 0 heterocycles. The molecule has 0 aliphatic carbocycles. The van der Waals surface area contributed by atoms with E-state index in [0.717, 1.165) is 6.42 Å². The van der Waals surface area contributed by atoms with Gasteiger partial charge in [0.25, 0.3) is 0 Å². The average Bonchev–Trinajstić information content (AvgIpc) is 1.82. The lowest BCUT2D eigenvalue weighted by molar-refractivity contribution is 0.0362. The minimum absolute atomic E-state index is 0.289. The third kappa shape index (κ3) is 5.15. The van der Waals surface area contributed by atoms with Gasteiger partial charge in [-0.3, -0.25) is 0 Å². The van der Waals surface area contributed by atoms with Gasteiger partial charge in [0, 0.05) is 0 Å². The third-order valence-corrected chi connectivity index (χ3v) is 1.07. The Hall–Kier alpha value is -0.990. The summed E-state index contributed by atoms with van der Waals surface area (Å²) >= 11 is 0. The lowest BCUT2D eigenvalue weighted by Gasteiger charge is -2.06. The maximum Gasteiger partial charge on any atom is 0.550 e. The van der Waals surface area contributed by atoms with E-state index in [1.165, 1.54) is 0 Å². The van der Waals surface area contributed by atoms with Crippen LogP contribution in [0, 0.1) is 0 Å². The molecule has 0 aliphatic rings. The van der Waals surface area contributed by atoms with Crippen LogP contribution in [-0.2, 0) is 9.84 Å². The Morgan fingerprint density at radius 3 is 2.80 bits per heavy atom. The van der Waals surface area contributed by atoms with E-state index in [0.29, 0.717) is 6.42 Å². The van der Waals surface area contributed by atoms with Crippen molar-refractivity contribution in [3.05, 3.63) is 12.7 Å². The van der Waals surface area contributed by atoms with Crippen molar-refractivity contribution in [2.75, 3.05) is 0 Å². The number of ether oxygens (including phenoxy) is 1.